The summed E-state index contributed by atoms with van der Waals surface area (Å²) in [5.41, 5.74) is 5.32. The van der Waals surface area contributed by atoms with Gasteiger partial charge in [-0.05, 0) is 69.5 Å². The number of benzene rings is 3. The van der Waals surface area contributed by atoms with E-state index in [1.807, 2.05) is 43.3 Å². The molecule has 4 aliphatic rings. The molecule has 1 aliphatic heterocycles. The fraction of sp³-hybridized carbons (Fsp3) is 0.250. The first-order valence-electron chi connectivity index (χ1n) is 11.6. The summed E-state index contributed by atoms with van der Waals surface area (Å²) in [7, 11) is 1.60. The molecule has 0 aromatic heterocycles. The molecule has 2 amide bonds. The second-order valence-corrected chi connectivity index (χ2v) is 10.1. The number of carbonyl (C=O) groups excluding carboxylic acids is 2. The monoisotopic (exact) mass is 578 g/mol. The van der Waals surface area contributed by atoms with Crippen LogP contribution in [0.5, 0.6) is 11.5 Å². The van der Waals surface area contributed by atoms with Gasteiger partial charge in [-0.1, -0.05) is 48.5 Å². The third-order valence-corrected chi connectivity index (χ3v) is 8.08. The van der Waals surface area contributed by atoms with Crippen LogP contribution in [0.4, 0.5) is 0 Å². The molecular formula is C28H23IN2O4. The molecule has 3 aromatic carbocycles. The zero-order valence-electron chi connectivity index (χ0n) is 19.3. The van der Waals surface area contributed by atoms with Crippen LogP contribution < -0.4 is 9.47 Å². The molecule has 1 heterocycles. The van der Waals surface area contributed by atoms with Crippen molar-refractivity contribution in [1.29, 1.82) is 0 Å². The number of nitrogens with zero attached hydrogens (tertiary/aromatic N) is 2. The average molecular weight is 578 g/mol. The maximum atomic E-state index is 13.7. The van der Waals surface area contributed by atoms with Crippen LogP contribution in [-0.2, 0) is 9.59 Å². The van der Waals surface area contributed by atoms with Crippen molar-refractivity contribution < 1.29 is 19.1 Å². The smallest absolute Gasteiger partial charge is 0.254 e. The quantitative estimate of drug-likeness (QED) is 0.245. The van der Waals surface area contributed by atoms with Crippen molar-refractivity contribution in [1.82, 2.24) is 5.01 Å². The summed E-state index contributed by atoms with van der Waals surface area (Å²) in [6.07, 6.45) is 1.56. The molecular weight excluding hydrogens is 555 g/mol. The summed E-state index contributed by atoms with van der Waals surface area (Å²) in [6.45, 7) is 2.39. The lowest BCUT2D eigenvalue weighted by Crippen LogP contribution is -2.41. The summed E-state index contributed by atoms with van der Waals surface area (Å²) < 4.78 is 12.0. The number of halogens is 1. The Morgan fingerprint density at radius 1 is 0.914 bits per heavy atom. The number of ether oxygens (including phenoxy) is 2. The van der Waals surface area contributed by atoms with Crippen LogP contribution in [0, 0.1) is 15.4 Å². The molecule has 3 aromatic rings. The van der Waals surface area contributed by atoms with Crippen LogP contribution >= 0.6 is 22.6 Å². The SMILES string of the molecule is CCOc1cc(/C=N\N2C(=O)[C@H]3C4c5ccccc5C(c5ccccc54)[C@@H]3C2=O)cc(I)c1OC. The molecule has 1 fully saturated rings. The van der Waals surface area contributed by atoms with Gasteiger partial charge in [0.25, 0.3) is 11.8 Å². The Morgan fingerprint density at radius 2 is 1.43 bits per heavy atom. The summed E-state index contributed by atoms with van der Waals surface area (Å²) >= 11 is 2.17. The van der Waals surface area contributed by atoms with Crippen molar-refractivity contribution in [2.45, 2.75) is 18.8 Å². The molecule has 35 heavy (non-hydrogen) atoms. The van der Waals surface area contributed by atoms with Gasteiger partial charge < -0.3 is 9.47 Å². The highest BCUT2D eigenvalue weighted by Crippen LogP contribution is 2.60. The van der Waals surface area contributed by atoms with E-state index in [0.717, 1.165) is 36.4 Å². The Bertz CT molecular complexity index is 1290. The largest absolute Gasteiger partial charge is 0.492 e. The van der Waals surface area contributed by atoms with Gasteiger partial charge in [-0.25, -0.2) is 0 Å². The van der Waals surface area contributed by atoms with Gasteiger partial charge in [0.2, 0.25) is 0 Å². The third-order valence-electron chi connectivity index (χ3n) is 7.28. The van der Waals surface area contributed by atoms with Gasteiger partial charge >= 0.3 is 0 Å². The number of amides is 2. The molecule has 0 unspecified atom stereocenters. The fourth-order valence-corrected chi connectivity index (χ4v) is 6.87. The Hall–Kier alpha value is -3.20. The predicted octanol–water partition coefficient (Wildman–Crippen LogP) is 4.92. The zero-order valence-corrected chi connectivity index (χ0v) is 21.4. The lowest BCUT2D eigenvalue weighted by molar-refractivity contribution is -0.139. The van der Waals surface area contributed by atoms with Crippen LogP contribution in [0.2, 0.25) is 0 Å². The molecule has 7 rings (SSSR count). The number of rotatable bonds is 5. The van der Waals surface area contributed by atoms with Crippen molar-refractivity contribution >= 4 is 40.6 Å². The molecule has 0 saturated carbocycles. The summed E-state index contributed by atoms with van der Waals surface area (Å²) in [6, 6.07) is 20.1. The molecule has 0 N–H and O–H groups in total. The number of imide groups is 1. The third kappa shape index (κ3) is 3.24. The van der Waals surface area contributed by atoms with Crippen LogP contribution in [0.1, 0.15) is 46.6 Å². The fourth-order valence-electron chi connectivity index (χ4n) is 6.02. The Morgan fingerprint density at radius 3 is 1.89 bits per heavy atom. The minimum Gasteiger partial charge on any atom is -0.492 e. The van der Waals surface area contributed by atoms with E-state index in [1.165, 1.54) is 0 Å². The standard InChI is InChI=1S/C28H23IN2O4/c1-3-35-21-13-15(12-20(29)26(21)34-2)14-30-31-27(32)24-22-16-8-4-5-9-17(16)23(25(24)28(31)33)19-11-7-6-10-18(19)22/h4-14,22-25H,3H2,1-2H3/b30-14-/t22?,23?,24-,25-/m0/s1. The minimum absolute atomic E-state index is 0.138. The second kappa shape index (κ2) is 8.48. The molecule has 2 bridgehead atoms. The van der Waals surface area contributed by atoms with E-state index in [9.17, 15) is 9.59 Å². The Balaban J connectivity index is 1.39. The number of hydrazone groups is 1. The highest BCUT2D eigenvalue weighted by Gasteiger charge is 2.61. The van der Waals surface area contributed by atoms with Crippen molar-refractivity contribution in [3.05, 3.63) is 92.1 Å². The van der Waals surface area contributed by atoms with E-state index in [2.05, 4.69) is 52.0 Å². The van der Waals surface area contributed by atoms with Crippen molar-refractivity contribution in [2.24, 2.45) is 16.9 Å². The number of hydrogen-bond donors (Lipinski definition) is 0. The van der Waals surface area contributed by atoms with Gasteiger partial charge in [0, 0.05) is 11.8 Å². The molecule has 3 aliphatic carbocycles. The first kappa shape index (κ1) is 22.3. The van der Waals surface area contributed by atoms with Crippen LogP contribution in [-0.4, -0.2) is 36.8 Å². The van der Waals surface area contributed by atoms with Crippen LogP contribution in [0.3, 0.4) is 0 Å². The van der Waals surface area contributed by atoms with Gasteiger partial charge in [0.1, 0.15) is 0 Å². The van der Waals surface area contributed by atoms with E-state index in [4.69, 9.17) is 9.47 Å². The number of methoxy groups -OCH3 is 1. The second-order valence-electron chi connectivity index (χ2n) is 8.96. The zero-order chi connectivity index (χ0) is 24.3. The van der Waals surface area contributed by atoms with Gasteiger partial charge in [-0.3, -0.25) is 9.59 Å². The highest BCUT2D eigenvalue weighted by atomic mass is 127. The van der Waals surface area contributed by atoms with Gasteiger partial charge in [0.15, 0.2) is 11.5 Å². The topological polar surface area (TPSA) is 68.2 Å². The molecule has 6 nitrogen and oxygen atoms in total. The summed E-state index contributed by atoms with van der Waals surface area (Å²) in [4.78, 5) is 27.3. The molecule has 176 valence electrons. The van der Waals surface area contributed by atoms with E-state index in [0.29, 0.717) is 18.1 Å². The maximum absolute atomic E-state index is 13.7. The van der Waals surface area contributed by atoms with Gasteiger partial charge in [-0.15, -0.1) is 0 Å². The van der Waals surface area contributed by atoms with Gasteiger partial charge in [-0.2, -0.15) is 10.1 Å². The Kier molecular flexibility index (Phi) is 5.40. The van der Waals surface area contributed by atoms with Crippen molar-refractivity contribution in [3.63, 3.8) is 0 Å². The van der Waals surface area contributed by atoms with Crippen molar-refractivity contribution in [2.75, 3.05) is 13.7 Å². The van der Waals surface area contributed by atoms with Crippen LogP contribution in [0.15, 0.2) is 65.8 Å². The normalized spacial score (nSPS) is 23.9. The van der Waals surface area contributed by atoms with Crippen LogP contribution in [0.25, 0.3) is 0 Å². The lowest BCUT2D eigenvalue weighted by atomic mass is 9.55. The summed E-state index contributed by atoms with van der Waals surface area (Å²) in [5.74, 6) is -0.377. The highest BCUT2D eigenvalue weighted by molar-refractivity contribution is 14.1. The van der Waals surface area contributed by atoms with E-state index in [-0.39, 0.29) is 23.7 Å². The first-order valence-corrected chi connectivity index (χ1v) is 12.7. The Labute approximate surface area is 217 Å². The lowest BCUT2D eigenvalue weighted by Gasteiger charge is -2.45. The minimum atomic E-state index is -0.440. The molecule has 0 spiro atoms. The predicted molar refractivity (Wildman–Crippen MR) is 140 cm³/mol. The summed E-state index contributed by atoms with van der Waals surface area (Å²) in [5, 5.41) is 5.50. The number of carbonyl (C=O) groups is 2. The molecule has 1 saturated heterocycles. The van der Waals surface area contributed by atoms with Gasteiger partial charge in [0.05, 0.1) is 35.3 Å². The maximum Gasteiger partial charge on any atom is 0.254 e. The average Bonchev–Trinajstić information content (AvgIpc) is 3.13. The molecule has 0 radical (unpaired) electrons. The number of hydrogen-bond acceptors (Lipinski definition) is 5. The van der Waals surface area contributed by atoms with E-state index in [1.54, 1.807) is 13.3 Å². The van der Waals surface area contributed by atoms with E-state index < -0.39 is 11.8 Å². The molecule has 7 heteroatoms. The first-order chi connectivity index (χ1) is 17.0. The molecule has 2 atom stereocenters. The van der Waals surface area contributed by atoms with E-state index >= 15 is 0 Å². The van der Waals surface area contributed by atoms with Crippen molar-refractivity contribution in [3.8, 4) is 11.5 Å².